The molecule has 0 bridgehead atoms. The molecule has 9 heteroatoms. The Bertz CT molecular complexity index is 1170. The monoisotopic (exact) mass is 435 g/mol. The molecule has 4 aromatic rings. The fourth-order valence-corrected chi connectivity index (χ4v) is 3.61. The van der Waals surface area contributed by atoms with E-state index in [4.69, 9.17) is 15.0 Å². The molecule has 31 heavy (non-hydrogen) atoms. The van der Waals surface area contributed by atoms with E-state index in [-0.39, 0.29) is 5.91 Å². The van der Waals surface area contributed by atoms with Crippen LogP contribution >= 0.6 is 11.8 Å². The average Bonchev–Trinajstić information content (AvgIpc) is 3.35. The van der Waals surface area contributed by atoms with E-state index in [1.807, 2.05) is 37.3 Å². The fraction of sp³-hybridized carbons (Fsp3) is 0.136. The van der Waals surface area contributed by atoms with Crippen molar-refractivity contribution in [3.8, 4) is 22.9 Å². The van der Waals surface area contributed by atoms with Crippen molar-refractivity contribution in [1.29, 1.82) is 0 Å². The van der Waals surface area contributed by atoms with Crippen molar-refractivity contribution in [1.82, 2.24) is 14.9 Å². The van der Waals surface area contributed by atoms with E-state index in [2.05, 4.69) is 15.5 Å². The van der Waals surface area contributed by atoms with Gasteiger partial charge >= 0.3 is 0 Å². The zero-order valence-electron chi connectivity index (χ0n) is 17.0. The summed E-state index contributed by atoms with van der Waals surface area (Å²) < 4.78 is 12.4. The summed E-state index contributed by atoms with van der Waals surface area (Å²) in [5, 5.41) is 11.1. The number of nitrogen functional groups attached to an aromatic ring is 1. The van der Waals surface area contributed by atoms with Gasteiger partial charge in [0.25, 0.3) is 0 Å². The van der Waals surface area contributed by atoms with Crippen molar-refractivity contribution < 1.29 is 13.9 Å². The van der Waals surface area contributed by atoms with E-state index >= 15 is 0 Å². The molecule has 1 atom stereocenters. The van der Waals surface area contributed by atoms with Gasteiger partial charge in [-0.2, -0.15) is 0 Å². The number of ether oxygens (including phenoxy) is 1. The van der Waals surface area contributed by atoms with Gasteiger partial charge < -0.3 is 20.3 Å². The van der Waals surface area contributed by atoms with Crippen molar-refractivity contribution >= 4 is 23.4 Å². The third-order valence-corrected chi connectivity index (χ3v) is 5.57. The van der Waals surface area contributed by atoms with E-state index in [0.29, 0.717) is 28.2 Å². The number of nitrogens with one attached hydrogen (secondary N) is 1. The van der Waals surface area contributed by atoms with Gasteiger partial charge in [0.2, 0.25) is 11.1 Å². The Kier molecular flexibility index (Phi) is 5.94. The van der Waals surface area contributed by atoms with Crippen LogP contribution in [0.2, 0.25) is 0 Å². The highest BCUT2D eigenvalue weighted by Crippen LogP contribution is 2.28. The molecule has 2 heterocycles. The quantitative estimate of drug-likeness (QED) is 0.326. The number of amides is 1. The van der Waals surface area contributed by atoms with Crippen molar-refractivity contribution in [3.05, 3.63) is 72.7 Å². The molecule has 8 nitrogen and oxygen atoms in total. The lowest BCUT2D eigenvalue weighted by Crippen LogP contribution is -2.23. The number of thioether (sulfide) groups is 1. The molecular formula is C22H21N5O3S. The van der Waals surface area contributed by atoms with Crippen LogP contribution in [0.15, 0.2) is 76.5 Å². The molecule has 0 saturated heterocycles. The topological polar surface area (TPSA) is 108 Å². The molecule has 0 saturated carbocycles. The van der Waals surface area contributed by atoms with Crippen molar-refractivity contribution in [2.24, 2.45) is 0 Å². The Labute approximate surface area is 183 Å². The summed E-state index contributed by atoms with van der Waals surface area (Å²) in [7, 11) is 0. The van der Waals surface area contributed by atoms with Gasteiger partial charge in [-0.1, -0.05) is 30.0 Å². The maximum Gasteiger partial charge on any atom is 0.237 e. The summed E-state index contributed by atoms with van der Waals surface area (Å²) in [5.74, 6) is 8.57. The number of nitrogens with zero attached hydrogens (tertiary/aromatic N) is 3. The summed E-state index contributed by atoms with van der Waals surface area (Å²) >= 11 is 1.22. The van der Waals surface area contributed by atoms with Crippen molar-refractivity contribution in [2.75, 3.05) is 11.2 Å². The molecule has 4 rings (SSSR count). The maximum absolute atomic E-state index is 12.6. The van der Waals surface area contributed by atoms with Gasteiger partial charge in [-0.3, -0.25) is 4.79 Å². The number of benzene rings is 2. The van der Waals surface area contributed by atoms with Crippen LogP contribution in [-0.2, 0) is 4.79 Å². The summed E-state index contributed by atoms with van der Waals surface area (Å²) in [5.41, 5.74) is 1.43. The summed E-state index contributed by atoms with van der Waals surface area (Å²) in [6.45, 7) is 3.60. The molecule has 3 N–H and O–H groups in total. The molecule has 0 aliphatic heterocycles. The fourth-order valence-electron chi connectivity index (χ4n) is 2.84. The van der Waals surface area contributed by atoms with Crippen LogP contribution in [0.4, 0.5) is 5.69 Å². The number of nitrogens with two attached hydrogens (primary N) is 1. The third-order valence-electron chi connectivity index (χ3n) is 4.52. The maximum atomic E-state index is 12.6. The smallest absolute Gasteiger partial charge is 0.237 e. The van der Waals surface area contributed by atoms with Gasteiger partial charge in [0.05, 0.1) is 17.1 Å². The molecule has 0 aliphatic carbocycles. The molecule has 2 aromatic heterocycles. The number of rotatable bonds is 7. The second-order valence-corrected chi connectivity index (χ2v) is 8.06. The minimum absolute atomic E-state index is 0.175. The number of hydrogen-bond donors (Lipinski definition) is 2. The van der Waals surface area contributed by atoms with Gasteiger partial charge in [-0.25, -0.2) is 4.68 Å². The summed E-state index contributed by atoms with van der Waals surface area (Å²) in [4.78, 5) is 12.6. The predicted octanol–water partition coefficient (Wildman–Crippen LogP) is 4.47. The van der Waals surface area contributed by atoms with Crippen molar-refractivity contribution in [3.63, 3.8) is 0 Å². The number of para-hydroxylation sites is 1. The molecule has 1 amide bonds. The van der Waals surface area contributed by atoms with Crippen molar-refractivity contribution in [2.45, 2.75) is 24.3 Å². The molecule has 0 fully saturated rings. The molecule has 2 aromatic carbocycles. The first kappa shape index (κ1) is 20.5. The van der Waals surface area contributed by atoms with Gasteiger partial charge in [0.15, 0.2) is 5.82 Å². The van der Waals surface area contributed by atoms with E-state index in [1.54, 1.807) is 43.5 Å². The highest BCUT2D eigenvalue weighted by Gasteiger charge is 2.21. The number of hydrogen-bond acceptors (Lipinski definition) is 7. The normalized spacial score (nSPS) is 11.8. The standard InChI is InChI=1S/C22H21N5O3S/c1-14-19(12-13-29-14)20-25-26-22(27(20)23)31-15(2)21(28)24-16-8-10-18(11-9-16)30-17-6-4-3-5-7-17/h3-13,15H,23H2,1-2H3,(H,24,28). The van der Waals surface area contributed by atoms with Crippen LogP contribution in [-0.4, -0.2) is 26.0 Å². The van der Waals surface area contributed by atoms with Gasteiger partial charge in [-0.15, -0.1) is 10.2 Å². The van der Waals surface area contributed by atoms with Crippen LogP contribution in [0.1, 0.15) is 12.7 Å². The highest BCUT2D eigenvalue weighted by molar-refractivity contribution is 8.00. The Hall–Kier alpha value is -3.72. The summed E-state index contributed by atoms with van der Waals surface area (Å²) in [6.07, 6.45) is 1.57. The zero-order valence-corrected chi connectivity index (χ0v) is 17.8. The molecular weight excluding hydrogens is 414 g/mol. The Morgan fingerprint density at radius 3 is 2.48 bits per heavy atom. The number of furan rings is 1. The number of aromatic nitrogens is 3. The number of aryl methyl sites for hydroxylation is 1. The number of carbonyl (C=O) groups is 1. The minimum Gasteiger partial charge on any atom is -0.469 e. The first-order valence-corrected chi connectivity index (χ1v) is 10.4. The van der Waals surface area contributed by atoms with E-state index in [0.717, 1.165) is 11.3 Å². The Morgan fingerprint density at radius 2 is 1.81 bits per heavy atom. The third kappa shape index (κ3) is 4.72. The molecule has 0 radical (unpaired) electrons. The molecule has 0 spiro atoms. The van der Waals surface area contributed by atoms with Gasteiger partial charge in [0.1, 0.15) is 17.3 Å². The Morgan fingerprint density at radius 1 is 1.10 bits per heavy atom. The zero-order chi connectivity index (χ0) is 21.8. The molecule has 158 valence electrons. The molecule has 1 unspecified atom stereocenters. The lowest BCUT2D eigenvalue weighted by atomic mass is 10.2. The Balaban J connectivity index is 1.37. The van der Waals surface area contributed by atoms with Crippen LogP contribution in [0, 0.1) is 6.92 Å². The lowest BCUT2D eigenvalue weighted by molar-refractivity contribution is -0.115. The van der Waals surface area contributed by atoms with E-state index < -0.39 is 5.25 Å². The van der Waals surface area contributed by atoms with E-state index in [1.165, 1.54) is 16.4 Å². The lowest BCUT2D eigenvalue weighted by Gasteiger charge is -2.12. The largest absolute Gasteiger partial charge is 0.469 e. The van der Waals surface area contributed by atoms with Crippen LogP contribution in [0.5, 0.6) is 11.5 Å². The predicted molar refractivity (Wildman–Crippen MR) is 120 cm³/mol. The van der Waals surface area contributed by atoms with Gasteiger partial charge in [0, 0.05) is 5.69 Å². The highest BCUT2D eigenvalue weighted by atomic mass is 32.2. The van der Waals surface area contributed by atoms with Crippen LogP contribution in [0.3, 0.4) is 0 Å². The van der Waals surface area contributed by atoms with Gasteiger partial charge in [-0.05, 0) is 56.3 Å². The average molecular weight is 436 g/mol. The first-order chi connectivity index (χ1) is 15.0. The SMILES string of the molecule is Cc1occc1-c1nnc(SC(C)C(=O)Nc2ccc(Oc3ccccc3)cc2)n1N. The van der Waals surface area contributed by atoms with E-state index in [9.17, 15) is 4.79 Å². The summed E-state index contributed by atoms with van der Waals surface area (Å²) in [6, 6.07) is 18.5. The first-order valence-electron chi connectivity index (χ1n) is 9.56. The second-order valence-electron chi connectivity index (χ2n) is 6.76. The minimum atomic E-state index is -0.440. The number of carbonyl (C=O) groups excluding carboxylic acids is 1. The molecule has 0 aliphatic rings. The van der Waals surface area contributed by atoms with Crippen LogP contribution in [0.25, 0.3) is 11.4 Å². The number of anilines is 1. The second kappa shape index (κ2) is 8.97. The van der Waals surface area contributed by atoms with Crippen LogP contribution < -0.4 is 15.9 Å².